The highest BCUT2D eigenvalue weighted by molar-refractivity contribution is 5.77. The van der Waals surface area contributed by atoms with Crippen molar-refractivity contribution in [1.82, 2.24) is 4.90 Å². The second-order valence-electron chi connectivity index (χ2n) is 7.47. The lowest BCUT2D eigenvalue weighted by molar-refractivity contribution is -0.210. The fourth-order valence-corrected chi connectivity index (χ4v) is 4.29. The molecule has 2 fully saturated rings. The summed E-state index contributed by atoms with van der Waals surface area (Å²) in [6, 6.07) is 6.37. The number of ether oxygens (including phenoxy) is 1. The van der Waals surface area contributed by atoms with Crippen molar-refractivity contribution in [2.45, 2.75) is 57.7 Å². The quantitative estimate of drug-likeness (QED) is 0.889. The van der Waals surface area contributed by atoms with E-state index in [1.807, 2.05) is 18.7 Å². The Bertz CT molecular complexity index is 593. The zero-order chi connectivity index (χ0) is 18.0. The minimum Gasteiger partial charge on any atom is -0.392 e. The summed E-state index contributed by atoms with van der Waals surface area (Å²) in [6.07, 6.45) is 2.56. The number of carbonyl (C=O) groups is 1. The number of benzene rings is 1. The van der Waals surface area contributed by atoms with Crippen molar-refractivity contribution >= 4 is 5.91 Å². The molecule has 1 saturated heterocycles. The highest BCUT2D eigenvalue weighted by Crippen LogP contribution is 2.51. The topological polar surface area (TPSA) is 49.8 Å². The zero-order valence-corrected chi connectivity index (χ0v) is 15.1. The van der Waals surface area contributed by atoms with E-state index >= 15 is 0 Å². The summed E-state index contributed by atoms with van der Waals surface area (Å²) in [7, 11) is 0. The Morgan fingerprint density at radius 3 is 2.56 bits per heavy atom. The number of nitrogens with zero attached hydrogens (tertiary/aromatic N) is 1. The summed E-state index contributed by atoms with van der Waals surface area (Å²) in [5.41, 5.74) is 0.823. The largest absolute Gasteiger partial charge is 0.392 e. The first kappa shape index (κ1) is 18.3. The standard InChI is InChI=1S/C20H28FNO3/c1-3-25-18-13-17(23)20(18)8-10-22(11-9-20)19(24)12-14(2)15-4-6-16(21)7-5-15/h4-7,14,17-18,23H,3,8-13H2,1-2H3. The van der Waals surface area contributed by atoms with E-state index in [1.165, 1.54) is 12.1 Å². The summed E-state index contributed by atoms with van der Waals surface area (Å²) < 4.78 is 18.8. The lowest BCUT2D eigenvalue weighted by atomic mass is 9.58. The molecule has 1 aromatic rings. The number of aliphatic hydroxyl groups is 1. The Balaban J connectivity index is 1.54. The van der Waals surface area contributed by atoms with Gasteiger partial charge < -0.3 is 14.7 Å². The van der Waals surface area contributed by atoms with E-state index in [-0.39, 0.29) is 35.3 Å². The molecule has 1 aliphatic heterocycles. The molecule has 3 atom stereocenters. The SMILES string of the molecule is CCOC1CC(O)C12CCN(C(=O)CC(C)c1ccc(F)cc1)CC2. The first-order valence-electron chi connectivity index (χ1n) is 9.29. The molecule has 1 saturated carbocycles. The fourth-order valence-electron chi connectivity index (χ4n) is 4.29. The summed E-state index contributed by atoms with van der Waals surface area (Å²) in [5.74, 6) is -0.0607. The first-order chi connectivity index (χ1) is 12.0. The molecule has 1 aliphatic carbocycles. The van der Waals surface area contributed by atoms with Crippen molar-refractivity contribution in [1.29, 1.82) is 0 Å². The minimum absolute atomic E-state index is 0.0643. The first-order valence-corrected chi connectivity index (χ1v) is 9.29. The monoisotopic (exact) mass is 349 g/mol. The van der Waals surface area contributed by atoms with Crippen LogP contribution in [-0.4, -0.2) is 47.8 Å². The van der Waals surface area contributed by atoms with Gasteiger partial charge in [-0.15, -0.1) is 0 Å². The normalized spacial score (nSPS) is 26.3. The summed E-state index contributed by atoms with van der Waals surface area (Å²) in [6.45, 7) is 5.99. The molecule has 1 amide bonds. The van der Waals surface area contributed by atoms with Gasteiger partial charge in [-0.25, -0.2) is 4.39 Å². The van der Waals surface area contributed by atoms with E-state index in [4.69, 9.17) is 4.74 Å². The van der Waals surface area contributed by atoms with Crippen LogP contribution in [0.25, 0.3) is 0 Å². The Morgan fingerprint density at radius 1 is 1.36 bits per heavy atom. The Morgan fingerprint density at radius 2 is 2.00 bits per heavy atom. The number of amides is 1. The van der Waals surface area contributed by atoms with Crippen LogP contribution < -0.4 is 0 Å². The van der Waals surface area contributed by atoms with E-state index in [0.717, 1.165) is 18.4 Å². The number of rotatable bonds is 5. The Kier molecular flexibility index (Phi) is 5.44. The van der Waals surface area contributed by atoms with Crippen LogP contribution in [0.3, 0.4) is 0 Å². The molecule has 0 bridgehead atoms. The van der Waals surface area contributed by atoms with Gasteiger partial charge >= 0.3 is 0 Å². The molecule has 3 rings (SSSR count). The van der Waals surface area contributed by atoms with Crippen molar-refractivity contribution in [3.63, 3.8) is 0 Å². The molecule has 1 spiro atoms. The predicted octanol–water partition coefficient (Wildman–Crippen LogP) is 3.10. The van der Waals surface area contributed by atoms with Crippen LogP contribution in [0.5, 0.6) is 0 Å². The highest BCUT2D eigenvalue weighted by Gasteiger charge is 2.56. The molecule has 0 radical (unpaired) electrons. The number of likely N-dealkylation sites (tertiary alicyclic amines) is 1. The summed E-state index contributed by atoms with van der Waals surface area (Å²) in [5, 5.41) is 10.2. The van der Waals surface area contributed by atoms with E-state index in [0.29, 0.717) is 32.5 Å². The molecule has 1 heterocycles. The predicted molar refractivity (Wildman–Crippen MR) is 93.7 cm³/mol. The van der Waals surface area contributed by atoms with Crippen LogP contribution in [0.15, 0.2) is 24.3 Å². The third kappa shape index (κ3) is 3.58. The number of piperidine rings is 1. The van der Waals surface area contributed by atoms with Gasteiger partial charge in [0.05, 0.1) is 12.2 Å². The smallest absolute Gasteiger partial charge is 0.223 e. The third-order valence-corrected chi connectivity index (χ3v) is 6.08. The van der Waals surface area contributed by atoms with Crippen LogP contribution >= 0.6 is 0 Å². The van der Waals surface area contributed by atoms with E-state index in [9.17, 15) is 14.3 Å². The van der Waals surface area contributed by atoms with E-state index in [2.05, 4.69) is 0 Å². The van der Waals surface area contributed by atoms with Crippen LogP contribution in [0.4, 0.5) is 4.39 Å². The molecule has 0 aromatic heterocycles. The minimum atomic E-state index is -0.306. The molecule has 138 valence electrons. The number of aliphatic hydroxyl groups excluding tert-OH is 1. The number of halogens is 1. The van der Waals surface area contributed by atoms with Crippen molar-refractivity contribution in [3.8, 4) is 0 Å². The van der Waals surface area contributed by atoms with Gasteiger partial charge in [0.2, 0.25) is 5.91 Å². The van der Waals surface area contributed by atoms with Gasteiger partial charge in [0.25, 0.3) is 0 Å². The van der Waals surface area contributed by atoms with Gasteiger partial charge in [-0.2, -0.15) is 0 Å². The van der Waals surface area contributed by atoms with Crippen molar-refractivity contribution < 1.29 is 19.0 Å². The van der Waals surface area contributed by atoms with Crippen molar-refractivity contribution in [3.05, 3.63) is 35.6 Å². The number of carbonyl (C=O) groups excluding carboxylic acids is 1. The maximum absolute atomic E-state index is 13.0. The van der Waals surface area contributed by atoms with Gasteiger partial charge in [-0.1, -0.05) is 19.1 Å². The summed E-state index contributed by atoms with van der Waals surface area (Å²) >= 11 is 0. The molecule has 3 unspecified atom stereocenters. The fraction of sp³-hybridized carbons (Fsp3) is 0.650. The molecular formula is C20H28FNO3. The third-order valence-electron chi connectivity index (χ3n) is 6.08. The second kappa shape index (κ2) is 7.42. The van der Waals surface area contributed by atoms with Crippen molar-refractivity contribution in [2.75, 3.05) is 19.7 Å². The number of hydrogen-bond donors (Lipinski definition) is 1. The molecule has 1 N–H and O–H groups in total. The lowest BCUT2D eigenvalue weighted by Gasteiger charge is -2.56. The van der Waals surface area contributed by atoms with E-state index < -0.39 is 0 Å². The van der Waals surface area contributed by atoms with Crippen LogP contribution in [0, 0.1) is 11.2 Å². The van der Waals surface area contributed by atoms with Crippen LogP contribution in [0.1, 0.15) is 51.0 Å². The average Bonchev–Trinajstić information content (AvgIpc) is 2.62. The second-order valence-corrected chi connectivity index (χ2v) is 7.47. The highest BCUT2D eigenvalue weighted by atomic mass is 19.1. The maximum atomic E-state index is 13.0. The lowest BCUT2D eigenvalue weighted by Crippen LogP contribution is -2.62. The van der Waals surface area contributed by atoms with Crippen LogP contribution in [-0.2, 0) is 9.53 Å². The molecule has 1 aromatic carbocycles. The number of hydrogen-bond acceptors (Lipinski definition) is 3. The average molecular weight is 349 g/mol. The van der Waals surface area contributed by atoms with Gasteiger partial charge in [0.1, 0.15) is 5.82 Å². The van der Waals surface area contributed by atoms with Gasteiger partial charge in [-0.3, -0.25) is 4.79 Å². The molecule has 2 aliphatic rings. The van der Waals surface area contributed by atoms with Crippen LogP contribution in [0.2, 0.25) is 0 Å². The van der Waals surface area contributed by atoms with Gasteiger partial charge in [0.15, 0.2) is 0 Å². The zero-order valence-electron chi connectivity index (χ0n) is 15.1. The molecular weight excluding hydrogens is 321 g/mol. The van der Waals surface area contributed by atoms with Crippen molar-refractivity contribution in [2.24, 2.45) is 5.41 Å². The van der Waals surface area contributed by atoms with E-state index in [1.54, 1.807) is 12.1 Å². The van der Waals surface area contributed by atoms with Gasteiger partial charge in [-0.05, 0) is 43.4 Å². The molecule has 5 heteroatoms. The maximum Gasteiger partial charge on any atom is 0.223 e. The molecule has 4 nitrogen and oxygen atoms in total. The molecule has 25 heavy (non-hydrogen) atoms. The summed E-state index contributed by atoms with van der Waals surface area (Å²) in [4.78, 5) is 14.5. The Labute approximate surface area is 149 Å². The van der Waals surface area contributed by atoms with Gasteiger partial charge in [0, 0.05) is 38.0 Å². The Hall–Kier alpha value is -1.46.